The normalized spacial score (nSPS) is 19.6. The number of alkyl halides is 3. The lowest BCUT2D eigenvalue weighted by molar-refractivity contribution is -0.135. The third-order valence-corrected chi connectivity index (χ3v) is 9.58. The molecule has 4 heterocycles. The first-order valence-corrected chi connectivity index (χ1v) is 17.2. The lowest BCUT2D eigenvalue weighted by atomic mass is 9.88. The van der Waals surface area contributed by atoms with Crippen molar-refractivity contribution in [2.24, 2.45) is 0 Å². The fraction of sp³-hybridized carbons (Fsp3) is 0.395. The van der Waals surface area contributed by atoms with Gasteiger partial charge in [-0.05, 0) is 72.6 Å². The number of aliphatic hydroxyl groups is 1. The van der Waals surface area contributed by atoms with Crippen LogP contribution in [0.5, 0.6) is 5.88 Å². The highest BCUT2D eigenvalue weighted by atomic mass is 19.4. The SMILES string of the molecule is O=C(/C=C/CNC1(COc2ccc(/C(=C(/CC(F)(F)F)c3ccccc3)c3ccc4c(c3)c(F)nn4C3CCCCO3)cn2)CC1)N1CC(O)C1. The molecule has 2 N–H and O–H groups in total. The maximum absolute atomic E-state index is 15.4. The molecule has 1 saturated carbocycles. The Balaban J connectivity index is 1.15. The maximum Gasteiger partial charge on any atom is 0.393 e. The molecular formula is C38H39F4N5O4. The second-order valence-electron chi connectivity index (χ2n) is 13.4. The van der Waals surface area contributed by atoms with Crippen LogP contribution in [0.2, 0.25) is 0 Å². The van der Waals surface area contributed by atoms with E-state index < -0.39 is 30.9 Å². The van der Waals surface area contributed by atoms with Crippen LogP contribution in [0, 0.1) is 5.95 Å². The highest BCUT2D eigenvalue weighted by molar-refractivity contribution is 6.00. The zero-order chi connectivity index (χ0) is 35.6. The summed E-state index contributed by atoms with van der Waals surface area (Å²) in [6, 6.07) is 16.6. The predicted octanol–water partition coefficient (Wildman–Crippen LogP) is 6.44. The Morgan fingerprint density at radius 1 is 1.06 bits per heavy atom. The molecule has 13 heteroatoms. The molecule has 3 fully saturated rings. The second-order valence-corrected chi connectivity index (χ2v) is 13.4. The second kappa shape index (κ2) is 14.6. The maximum atomic E-state index is 15.4. The fourth-order valence-electron chi connectivity index (χ4n) is 6.61. The lowest BCUT2D eigenvalue weighted by Crippen LogP contribution is -2.53. The zero-order valence-corrected chi connectivity index (χ0v) is 27.9. The molecule has 1 aliphatic carbocycles. The van der Waals surface area contributed by atoms with Gasteiger partial charge in [-0.15, -0.1) is 5.10 Å². The van der Waals surface area contributed by atoms with Crippen molar-refractivity contribution < 1.29 is 36.9 Å². The largest absolute Gasteiger partial charge is 0.476 e. The average molecular weight is 706 g/mol. The van der Waals surface area contributed by atoms with E-state index in [2.05, 4.69) is 15.4 Å². The number of carbonyl (C=O) groups is 1. The molecule has 7 rings (SSSR count). The van der Waals surface area contributed by atoms with Crippen molar-refractivity contribution in [3.05, 3.63) is 102 Å². The topological polar surface area (TPSA) is 102 Å². The number of halogens is 4. The number of pyridine rings is 1. The Kier molecular flexibility index (Phi) is 9.95. The first-order valence-electron chi connectivity index (χ1n) is 17.2. The van der Waals surface area contributed by atoms with E-state index in [1.807, 2.05) is 0 Å². The van der Waals surface area contributed by atoms with Gasteiger partial charge in [-0.3, -0.25) is 4.79 Å². The van der Waals surface area contributed by atoms with E-state index in [9.17, 15) is 23.1 Å². The highest BCUT2D eigenvalue weighted by Crippen LogP contribution is 2.41. The first-order chi connectivity index (χ1) is 24.6. The van der Waals surface area contributed by atoms with Crippen LogP contribution in [0.4, 0.5) is 17.6 Å². The minimum Gasteiger partial charge on any atom is -0.476 e. The Labute approximate surface area is 292 Å². The van der Waals surface area contributed by atoms with Gasteiger partial charge in [0.05, 0.1) is 29.0 Å². The third-order valence-electron chi connectivity index (χ3n) is 9.58. The Hall–Kier alpha value is -4.59. The van der Waals surface area contributed by atoms with Crippen LogP contribution in [-0.2, 0) is 9.53 Å². The van der Waals surface area contributed by atoms with Crippen molar-refractivity contribution in [3.8, 4) is 5.88 Å². The molecule has 2 aromatic heterocycles. The molecule has 268 valence electrons. The number of allylic oxidation sites excluding steroid dienone is 1. The number of amides is 1. The molecule has 51 heavy (non-hydrogen) atoms. The van der Waals surface area contributed by atoms with Gasteiger partial charge in [0.25, 0.3) is 0 Å². The Morgan fingerprint density at radius 3 is 2.51 bits per heavy atom. The van der Waals surface area contributed by atoms with Gasteiger partial charge in [0.2, 0.25) is 17.7 Å². The molecule has 2 aromatic carbocycles. The lowest BCUT2D eigenvalue weighted by Gasteiger charge is -2.34. The number of aromatic nitrogens is 3. The van der Waals surface area contributed by atoms with Crippen LogP contribution < -0.4 is 10.1 Å². The van der Waals surface area contributed by atoms with E-state index in [1.54, 1.807) is 71.6 Å². The number of ether oxygens (including phenoxy) is 2. The van der Waals surface area contributed by atoms with Crippen molar-refractivity contribution in [2.75, 3.05) is 32.8 Å². The van der Waals surface area contributed by atoms with Crippen molar-refractivity contribution in [1.82, 2.24) is 25.0 Å². The summed E-state index contributed by atoms with van der Waals surface area (Å²) < 4.78 is 71.4. The molecule has 2 saturated heterocycles. The van der Waals surface area contributed by atoms with Gasteiger partial charge in [-0.1, -0.05) is 42.5 Å². The molecule has 0 spiro atoms. The summed E-state index contributed by atoms with van der Waals surface area (Å²) in [5, 5.41) is 17.1. The molecule has 4 aromatic rings. The van der Waals surface area contributed by atoms with E-state index in [-0.39, 0.29) is 28.0 Å². The smallest absolute Gasteiger partial charge is 0.393 e. The zero-order valence-electron chi connectivity index (χ0n) is 27.9. The number of likely N-dealkylation sites (tertiary alicyclic amines) is 1. The Bertz CT molecular complexity index is 1910. The number of rotatable bonds is 12. The van der Waals surface area contributed by atoms with E-state index in [0.29, 0.717) is 67.4 Å². The predicted molar refractivity (Wildman–Crippen MR) is 183 cm³/mol. The molecule has 1 amide bonds. The van der Waals surface area contributed by atoms with E-state index in [0.717, 1.165) is 25.7 Å². The van der Waals surface area contributed by atoms with Crippen molar-refractivity contribution >= 4 is 28.0 Å². The summed E-state index contributed by atoms with van der Waals surface area (Å²) in [4.78, 5) is 18.1. The number of fused-ring (bicyclic) bond motifs is 1. The molecule has 1 unspecified atom stereocenters. The number of hydrogen-bond acceptors (Lipinski definition) is 7. The van der Waals surface area contributed by atoms with Gasteiger partial charge in [-0.25, -0.2) is 9.67 Å². The summed E-state index contributed by atoms with van der Waals surface area (Å²) in [7, 11) is 0. The van der Waals surface area contributed by atoms with E-state index >= 15 is 4.39 Å². The molecule has 3 aliphatic rings. The summed E-state index contributed by atoms with van der Waals surface area (Å²) in [6.07, 6.45) is 2.39. The van der Waals surface area contributed by atoms with Crippen molar-refractivity contribution in [3.63, 3.8) is 0 Å². The number of nitrogens with zero attached hydrogens (tertiary/aromatic N) is 4. The minimum absolute atomic E-state index is 0.0271. The van der Waals surface area contributed by atoms with Crippen LogP contribution in [0.25, 0.3) is 22.0 Å². The number of β-amino-alcohol motifs (C(OH)–C–C–N with tert-alkyl or cyclic N) is 1. The van der Waals surface area contributed by atoms with Gasteiger partial charge in [0.1, 0.15) is 6.61 Å². The van der Waals surface area contributed by atoms with Crippen LogP contribution in [0.15, 0.2) is 79.0 Å². The molecule has 9 nitrogen and oxygen atoms in total. The summed E-state index contributed by atoms with van der Waals surface area (Å²) in [5.41, 5.74) is 1.72. The van der Waals surface area contributed by atoms with Gasteiger partial charge in [0.15, 0.2) is 6.23 Å². The third kappa shape index (κ3) is 8.16. The van der Waals surface area contributed by atoms with Crippen LogP contribution in [-0.4, -0.2) is 81.3 Å². The monoisotopic (exact) mass is 705 g/mol. The summed E-state index contributed by atoms with van der Waals surface area (Å²) >= 11 is 0. The fourth-order valence-corrected chi connectivity index (χ4v) is 6.61. The highest BCUT2D eigenvalue weighted by Gasteiger charge is 2.43. The first kappa shape index (κ1) is 34.8. The number of nitrogens with one attached hydrogen (secondary N) is 1. The average Bonchev–Trinajstić information content (AvgIpc) is 3.82. The minimum atomic E-state index is -4.53. The molecule has 1 atom stereocenters. The van der Waals surface area contributed by atoms with Gasteiger partial charge in [-0.2, -0.15) is 17.6 Å². The standard InChI is InChI=1S/C38H39F4N5O4/c39-36-29-19-26(11-13-31(29)47(45-36)34-10-4-5-18-50-34)35(30(20-38(40,41)42)25-7-2-1-3-8-25)27-12-14-32(43-21-27)51-24-37(15-16-37)44-17-6-9-33(49)46-22-28(48)23-46/h1-3,6-9,11-14,19,21,28,34,44,48H,4-5,10,15-18,20,22-24H2/b9-6+,35-30-. The number of carbonyl (C=O) groups excluding carboxylic acids is 1. The van der Waals surface area contributed by atoms with Crippen molar-refractivity contribution in [1.29, 1.82) is 0 Å². The van der Waals surface area contributed by atoms with Crippen LogP contribution >= 0.6 is 0 Å². The van der Waals surface area contributed by atoms with E-state index in [4.69, 9.17) is 9.47 Å². The quantitative estimate of drug-likeness (QED) is 0.0994. The molecule has 0 radical (unpaired) electrons. The number of benzene rings is 2. The molecule has 0 bridgehead atoms. The summed E-state index contributed by atoms with van der Waals surface area (Å²) in [5.74, 6) is -0.554. The number of aliphatic hydroxyl groups excluding tert-OH is 1. The van der Waals surface area contributed by atoms with E-state index in [1.165, 1.54) is 17.0 Å². The molecular weight excluding hydrogens is 666 g/mol. The van der Waals surface area contributed by atoms with Gasteiger partial charge >= 0.3 is 6.18 Å². The van der Waals surface area contributed by atoms with Gasteiger partial charge < -0.3 is 24.8 Å². The van der Waals surface area contributed by atoms with Crippen LogP contribution in [0.1, 0.15) is 61.4 Å². The van der Waals surface area contributed by atoms with Crippen LogP contribution in [0.3, 0.4) is 0 Å². The molecule has 2 aliphatic heterocycles. The van der Waals surface area contributed by atoms with Crippen molar-refractivity contribution in [2.45, 2.75) is 62.6 Å². The Morgan fingerprint density at radius 2 is 1.84 bits per heavy atom. The van der Waals surface area contributed by atoms with Gasteiger partial charge in [0, 0.05) is 50.1 Å². The number of hydrogen-bond donors (Lipinski definition) is 2. The summed E-state index contributed by atoms with van der Waals surface area (Å²) in [6.45, 7) is 2.03.